The molecule has 0 saturated carbocycles. The molecule has 0 atom stereocenters. The summed E-state index contributed by atoms with van der Waals surface area (Å²) >= 11 is 0. The molecule has 0 spiro atoms. The van der Waals surface area contributed by atoms with Crippen LogP contribution in [-0.2, 0) is 21.7 Å². The second kappa shape index (κ2) is 13.8. The van der Waals surface area contributed by atoms with Gasteiger partial charge in [-0.1, -0.05) is 174 Å². The molecule has 10 rings (SSSR count). The van der Waals surface area contributed by atoms with E-state index in [1.54, 1.807) is 0 Å². The summed E-state index contributed by atoms with van der Waals surface area (Å²) in [4.78, 5) is 5.28. The van der Waals surface area contributed by atoms with Crippen LogP contribution in [0.15, 0.2) is 144 Å². The zero-order valence-corrected chi connectivity index (χ0v) is 38.7. The van der Waals surface area contributed by atoms with E-state index in [-0.39, 0.29) is 28.5 Å². The van der Waals surface area contributed by atoms with Gasteiger partial charge in [-0.05, 0) is 114 Å². The van der Waals surface area contributed by atoms with E-state index in [0.29, 0.717) is 0 Å². The lowest BCUT2D eigenvalue weighted by Gasteiger charge is -2.47. The van der Waals surface area contributed by atoms with Gasteiger partial charge in [0.15, 0.2) is 0 Å². The van der Waals surface area contributed by atoms with Crippen molar-refractivity contribution in [2.75, 3.05) is 9.71 Å². The Kier molecular flexibility index (Phi) is 8.89. The van der Waals surface area contributed by atoms with Gasteiger partial charge in [0.05, 0.1) is 16.8 Å². The van der Waals surface area contributed by atoms with Gasteiger partial charge < -0.3 is 14.1 Å². The molecule has 0 N–H and O–H groups in total. The predicted octanol–water partition coefficient (Wildman–Crippen LogP) is 15.2. The number of hydrogen-bond acceptors (Lipinski definition) is 3. The summed E-state index contributed by atoms with van der Waals surface area (Å²) < 4.78 is 6.78. The smallest absolute Gasteiger partial charge is 0.333 e. The van der Waals surface area contributed by atoms with Gasteiger partial charge in [0.1, 0.15) is 11.2 Å². The molecule has 0 aliphatic carbocycles. The minimum absolute atomic E-state index is 0.0335. The Balaban J connectivity index is 1.39. The molecular formula is C58H59BN2O. The molecule has 0 saturated heterocycles. The van der Waals surface area contributed by atoms with Crippen LogP contribution >= 0.6 is 0 Å². The summed E-state index contributed by atoms with van der Waals surface area (Å²) in [5.41, 5.74) is 20.4. The van der Waals surface area contributed by atoms with Crippen molar-refractivity contribution in [3.8, 4) is 22.3 Å². The van der Waals surface area contributed by atoms with Gasteiger partial charge in [-0.25, -0.2) is 0 Å². The van der Waals surface area contributed by atoms with Crippen molar-refractivity contribution < 1.29 is 4.42 Å². The summed E-state index contributed by atoms with van der Waals surface area (Å²) in [6, 6.07) is 53.0. The molecule has 7 aromatic carbocycles. The van der Waals surface area contributed by atoms with Gasteiger partial charge >= 0.3 is 6.85 Å². The molecule has 0 bridgehead atoms. The Morgan fingerprint density at radius 1 is 0.435 bits per heavy atom. The molecule has 3 heterocycles. The SMILES string of the molecule is CC(C)(C)c1ccc(N2B3c4ccc5oc6ccccc6c5c4N(c4ccc(C(C)(C)C)cc4-c4ccccc4)c4cc(C(C)(C)C)cc(c43)-c3ccc(C(C)(C)C)cc32)cc1. The average molecular weight is 811 g/mol. The van der Waals surface area contributed by atoms with Crippen LogP contribution in [0.2, 0.25) is 0 Å². The molecule has 1 aromatic heterocycles. The molecule has 4 heteroatoms. The minimum Gasteiger partial charge on any atom is -0.456 e. The Bertz CT molecular complexity index is 3050. The van der Waals surface area contributed by atoms with Crippen molar-refractivity contribution in [2.45, 2.75) is 105 Å². The molecule has 0 fully saturated rings. The highest BCUT2D eigenvalue weighted by Crippen LogP contribution is 2.53. The van der Waals surface area contributed by atoms with Gasteiger partial charge in [-0.2, -0.15) is 0 Å². The van der Waals surface area contributed by atoms with E-state index < -0.39 is 0 Å². The highest BCUT2D eigenvalue weighted by atomic mass is 16.3. The number of benzene rings is 7. The fourth-order valence-electron chi connectivity index (χ4n) is 9.86. The van der Waals surface area contributed by atoms with Crippen LogP contribution in [0.5, 0.6) is 0 Å². The lowest BCUT2D eigenvalue weighted by Crippen LogP contribution is -2.61. The molecule has 2 aliphatic heterocycles. The Morgan fingerprint density at radius 2 is 1.02 bits per heavy atom. The van der Waals surface area contributed by atoms with Crippen molar-refractivity contribution >= 4 is 68.1 Å². The monoisotopic (exact) mass is 810 g/mol. The van der Waals surface area contributed by atoms with Crippen molar-refractivity contribution in [2.24, 2.45) is 0 Å². The summed E-state index contributed by atoms with van der Waals surface area (Å²) in [7, 11) is 0. The van der Waals surface area contributed by atoms with Gasteiger partial charge in [0.25, 0.3) is 0 Å². The number of anilines is 5. The molecular weight excluding hydrogens is 751 g/mol. The van der Waals surface area contributed by atoms with E-state index in [2.05, 4.69) is 232 Å². The lowest BCUT2D eigenvalue weighted by molar-refractivity contribution is 0.589. The van der Waals surface area contributed by atoms with E-state index in [9.17, 15) is 0 Å². The third kappa shape index (κ3) is 6.40. The Morgan fingerprint density at radius 3 is 1.69 bits per heavy atom. The maximum absolute atomic E-state index is 6.78. The molecule has 2 aliphatic rings. The second-order valence-electron chi connectivity index (χ2n) is 21.9. The highest BCUT2D eigenvalue weighted by molar-refractivity contribution is 6.94. The third-order valence-electron chi connectivity index (χ3n) is 13.5. The van der Waals surface area contributed by atoms with Crippen LogP contribution in [0.1, 0.15) is 105 Å². The first-order valence-corrected chi connectivity index (χ1v) is 22.5. The number of nitrogens with zero attached hydrogens (tertiary/aromatic N) is 2. The summed E-state index contributed by atoms with van der Waals surface area (Å²) in [5, 5.41) is 2.27. The number of rotatable bonds is 3. The molecule has 62 heavy (non-hydrogen) atoms. The van der Waals surface area contributed by atoms with E-state index in [1.807, 2.05) is 0 Å². The van der Waals surface area contributed by atoms with Crippen molar-refractivity contribution in [3.63, 3.8) is 0 Å². The number of para-hydroxylation sites is 1. The van der Waals surface area contributed by atoms with E-state index in [1.165, 1.54) is 78.2 Å². The highest BCUT2D eigenvalue weighted by Gasteiger charge is 2.47. The van der Waals surface area contributed by atoms with Crippen molar-refractivity contribution in [3.05, 3.63) is 162 Å². The quantitative estimate of drug-likeness (QED) is 0.166. The van der Waals surface area contributed by atoms with Crippen molar-refractivity contribution in [1.82, 2.24) is 0 Å². The minimum atomic E-state index is -0.129. The standard InChI is InChI=1S/C58H59BN2O/c1-55(2,3)37-22-26-41(27-23-37)61-48-34-39(57(7,8)9)24-28-42(48)45-33-40(58(10,11)12)35-49-53(45)59(61)46-29-31-51-52(43-20-16-17-21-50(43)62-51)54(46)60(49)47-30-25-38(56(4,5)6)32-44(47)36-18-14-13-15-19-36/h13-35H,1-12H3. The lowest BCUT2D eigenvalue weighted by atomic mass is 9.43. The zero-order valence-electron chi connectivity index (χ0n) is 38.7. The molecule has 0 unspecified atom stereocenters. The summed E-state index contributed by atoms with van der Waals surface area (Å²) in [6.07, 6.45) is 0. The van der Waals surface area contributed by atoms with E-state index >= 15 is 0 Å². The van der Waals surface area contributed by atoms with Crippen LogP contribution < -0.4 is 20.6 Å². The summed E-state index contributed by atoms with van der Waals surface area (Å²) in [6.45, 7) is 27.7. The summed E-state index contributed by atoms with van der Waals surface area (Å²) in [5.74, 6) is 0. The first kappa shape index (κ1) is 40.1. The Labute approximate surface area is 369 Å². The molecule has 8 aromatic rings. The van der Waals surface area contributed by atoms with Gasteiger partial charge in [-0.15, -0.1) is 0 Å². The number of furan rings is 1. The van der Waals surface area contributed by atoms with Crippen LogP contribution in [0, 0.1) is 0 Å². The van der Waals surface area contributed by atoms with E-state index in [4.69, 9.17) is 4.42 Å². The maximum Gasteiger partial charge on any atom is 0.333 e. The van der Waals surface area contributed by atoms with Crippen LogP contribution in [-0.4, -0.2) is 6.85 Å². The second-order valence-corrected chi connectivity index (χ2v) is 21.9. The first-order valence-electron chi connectivity index (χ1n) is 22.5. The first-order chi connectivity index (χ1) is 29.3. The van der Waals surface area contributed by atoms with Crippen LogP contribution in [0.4, 0.5) is 28.4 Å². The number of hydrogen-bond donors (Lipinski definition) is 0. The number of fused-ring (bicyclic) bond motifs is 8. The predicted molar refractivity (Wildman–Crippen MR) is 268 cm³/mol. The fourth-order valence-corrected chi connectivity index (χ4v) is 9.86. The Hall–Kier alpha value is -6.00. The van der Waals surface area contributed by atoms with Gasteiger partial charge in [-0.3, -0.25) is 0 Å². The third-order valence-corrected chi connectivity index (χ3v) is 13.5. The maximum atomic E-state index is 6.78. The van der Waals surface area contributed by atoms with Gasteiger partial charge in [0.2, 0.25) is 0 Å². The van der Waals surface area contributed by atoms with Crippen LogP contribution in [0.25, 0.3) is 44.2 Å². The zero-order chi connectivity index (χ0) is 43.7. The van der Waals surface area contributed by atoms with Crippen molar-refractivity contribution in [1.29, 1.82) is 0 Å². The van der Waals surface area contributed by atoms with Gasteiger partial charge in [0, 0.05) is 33.6 Å². The normalized spacial score (nSPS) is 14.0. The molecule has 0 amide bonds. The molecule has 3 nitrogen and oxygen atoms in total. The molecule has 0 radical (unpaired) electrons. The fraction of sp³-hybridized carbons (Fsp3) is 0.276. The molecule has 310 valence electrons. The largest absolute Gasteiger partial charge is 0.456 e. The van der Waals surface area contributed by atoms with E-state index in [0.717, 1.165) is 27.6 Å². The topological polar surface area (TPSA) is 19.6 Å². The average Bonchev–Trinajstić information content (AvgIpc) is 3.61. The van der Waals surface area contributed by atoms with Crippen LogP contribution in [0.3, 0.4) is 0 Å².